The molecule has 0 spiro atoms. The summed E-state index contributed by atoms with van der Waals surface area (Å²) < 4.78 is 1.65. The van der Waals surface area contributed by atoms with Crippen molar-refractivity contribution in [2.45, 2.75) is 59.4 Å². The van der Waals surface area contributed by atoms with Crippen LogP contribution in [0.5, 0.6) is 0 Å². The van der Waals surface area contributed by atoms with Gasteiger partial charge in [0.15, 0.2) is 0 Å². The lowest BCUT2D eigenvalue weighted by Gasteiger charge is -2.20. The first-order valence-electron chi connectivity index (χ1n) is 8.38. The van der Waals surface area contributed by atoms with Crippen LogP contribution in [0.15, 0.2) is 28.4 Å². The average Bonchev–Trinajstić information content (AvgIpc) is 2.83. The van der Waals surface area contributed by atoms with Gasteiger partial charge in [-0.25, -0.2) is 0 Å². The second-order valence-corrected chi connectivity index (χ2v) is 7.53. The number of anilines is 1. The highest BCUT2D eigenvalue weighted by Gasteiger charge is 2.16. The van der Waals surface area contributed by atoms with Crippen molar-refractivity contribution in [2.75, 3.05) is 5.32 Å². The van der Waals surface area contributed by atoms with Gasteiger partial charge in [-0.3, -0.25) is 9.59 Å². The number of carbonyl (C=O) groups excluding carboxylic acids is 1. The number of para-hydroxylation sites is 1. The summed E-state index contributed by atoms with van der Waals surface area (Å²) in [6, 6.07) is 6.19. The van der Waals surface area contributed by atoms with Crippen molar-refractivity contribution < 1.29 is 4.79 Å². The highest BCUT2D eigenvalue weighted by atomic mass is 32.1. The molecule has 4 nitrogen and oxygen atoms in total. The Morgan fingerprint density at radius 1 is 1.17 bits per heavy atom. The van der Waals surface area contributed by atoms with E-state index in [1.165, 1.54) is 11.3 Å². The summed E-state index contributed by atoms with van der Waals surface area (Å²) in [6.45, 7) is 10.8. The van der Waals surface area contributed by atoms with E-state index in [9.17, 15) is 9.59 Å². The number of thiazole rings is 1. The standard InChI is InChI=1S/C19H26N2O2S/c1-12(2)15-7-6-8-16(13(3)4)18(15)20-17(22)9-10-21-14(5)11-24-19(21)23/h6-8,11-13H,9-10H2,1-5H3,(H,20,22). The van der Waals surface area contributed by atoms with Gasteiger partial charge < -0.3 is 9.88 Å². The van der Waals surface area contributed by atoms with E-state index in [0.717, 1.165) is 22.5 Å². The predicted molar refractivity (Wildman–Crippen MR) is 101 cm³/mol. The number of amides is 1. The van der Waals surface area contributed by atoms with E-state index in [-0.39, 0.29) is 10.8 Å². The molecule has 0 atom stereocenters. The second kappa shape index (κ2) is 7.79. The summed E-state index contributed by atoms with van der Waals surface area (Å²) in [5.74, 6) is 0.615. The first-order valence-corrected chi connectivity index (χ1v) is 9.26. The maximum atomic E-state index is 12.5. The number of nitrogens with one attached hydrogen (secondary N) is 1. The van der Waals surface area contributed by atoms with Gasteiger partial charge in [0.1, 0.15) is 0 Å². The fraction of sp³-hybridized carbons (Fsp3) is 0.474. The molecule has 1 aromatic carbocycles. The van der Waals surface area contributed by atoms with Crippen molar-refractivity contribution in [2.24, 2.45) is 0 Å². The van der Waals surface area contributed by atoms with Crippen LogP contribution in [0, 0.1) is 6.92 Å². The zero-order valence-electron chi connectivity index (χ0n) is 15.1. The van der Waals surface area contributed by atoms with Gasteiger partial charge in [0, 0.05) is 29.7 Å². The number of nitrogens with zero attached hydrogens (tertiary/aromatic N) is 1. The zero-order valence-corrected chi connectivity index (χ0v) is 15.9. The minimum Gasteiger partial charge on any atom is -0.326 e. The van der Waals surface area contributed by atoms with Crippen LogP contribution in [0.4, 0.5) is 5.69 Å². The van der Waals surface area contributed by atoms with Gasteiger partial charge in [-0.15, -0.1) is 0 Å². The minimum atomic E-state index is -0.0532. The molecule has 0 aliphatic rings. The molecule has 1 aromatic heterocycles. The number of hydrogen-bond acceptors (Lipinski definition) is 3. The summed E-state index contributed by atoms with van der Waals surface area (Å²) in [7, 11) is 0. The quantitative estimate of drug-likeness (QED) is 0.837. The molecule has 1 heterocycles. The van der Waals surface area contributed by atoms with Gasteiger partial charge in [-0.05, 0) is 29.9 Å². The molecule has 0 unspecified atom stereocenters. The predicted octanol–water partition coefficient (Wildman–Crippen LogP) is 4.49. The van der Waals surface area contributed by atoms with E-state index in [1.807, 2.05) is 12.3 Å². The van der Waals surface area contributed by atoms with Gasteiger partial charge >= 0.3 is 4.87 Å². The van der Waals surface area contributed by atoms with Crippen LogP contribution in [0.1, 0.15) is 62.8 Å². The van der Waals surface area contributed by atoms with E-state index in [0.29, 0.717) is 24.8 Å². The highest BCUT2D eigenvalue weighted by molar-refractivity contribution is 7.07. The largest absolute Gasteiger partial charge is 0.326 e. The van der Waals surface area contributed by atoms with Crippen LogP contribution >= 0.6 is 11.3 Å². The molecular formula is C19H26N2O2S. The maximum absolute atomic E-state index is 12.5. The number of rotatable bonds is 6. The number of aryl methyl sites for hydroxylation is 1. The SMILES string of the molecule is Cc1csc(=O)n1CCC(=O)Nc1c(C(C)C)cccc1C(C)C. The number of carbonyl (C=O) groups is 1. The van der Waals surface area contributed by atoms with Gasteiger partial charge in [0.2, 0.25) is 5.91 Å². The van der Waals surface area contributed by atoms with Crippen LogP contribution in [0.25, 0.3) is 0 Å². The highest BCUT2D eigenvalue weighted by Crippen LogP contribution is 2.32. The Balaban J connectivity index is 2.18. The Bertz CT molecular complexity index is 746. The Morgan fingerprint density at radius 2 is 1.75 bits per heavy atom. The lowest BCUT2D eigenvalue weighted by molar-refractivity contribution is -0.116. The first-order chi connectivity index (χ1) is 11.3. The minimum absolute atomic E-state index is 0.00856. The third-order valence-corrected chi connectivity index (χ3v) is 5.06. The van der Waals surface area contributed by atoms with Gasteiger partial charge in [0.25, 0.3) is 0 Å². The van der Waals surface area contributed by atoms with Crippen LogP contribution in [-0.2, 0) is 11.3 Å². The van der Waals surface area contributed by atoms with E-state index >= 15 is 0 Å². The van der Waals surface area contributed by atoms with Crippen molar-refractivity contribution in [3.05, 3.63) is 50.1 Å². The Hall–Kier alpha value is -1.88. The molecule has 1 amide bonds. The molecule has 0 fully saturated rings. The van der Waals surface area contributed by atoms with Crippen molar-refractivity contribution >= 4 is 22.9 Å². The van der Waals surface area contributed by atoms with Crippen molar-refractivity contribution in [3.8, 4) is 0 Å². The molecule has 0 aliphatic heterocycles. The number of aromatic nitrogens is 1. The number of hydrogen-bond donors (Lipinski definition) is 1. The van der Waals surface area contributed by atoms with E-state index in [1.54, 1.807) is 4.57 Å². The van der Waals surface area contributed by atoms with Crippen molar-refractivity contribution in [1.29, 1.82) is 0 Å². The molecule has 24 heavy (non-hydrogen) atoms. The summed E-state index contributed by atoms with van der Waals surface area (Å²) >= 11 is 1.18. The monoisotopic (exact) mass is 346 g/mol. The summed E-state index contributed by atoms with van der Waals surface area (Å²) in [5.41, 5.74) is 4.14. The molecule has 0 aliphatic carbocycles. The van der Waals surface area contributed by atoms with Gasteiger partial charge in [-0.1, -0.05) is 57.2 Å². The topological polar surface area (TPSA) is 51.1 Å². The molecule has 1 N–H and O–H groups in total. The molecule has 0 radical (unpaired) electrons. The second-order valence-electron chi connectivity index (χ2n) is 6.71. The summed E-state index contributed by atoms with van der Waals surface area (Å²) in [5, 5.41) is 4.92. The number of benzene rings is 1. The molecule has 130 valence electrons. The molecule has 0 saturated carbocycles. The van der Waals surface area contributed by atoms with Crippen molar-refractivity contribution in [1.82, 2.24) is 4.57 Å². The van der Waals surface area contributed by atoms with E-state index in [4.69, 9.17) is 0 Å². The van der Waals surface area contributed by atoms with Crippen LogP contribution in [-0.4, -0.2) is 10.5 Å². The molecule has 2 rings (SSSR count). The summed E-state index contributed by atoms with van der Waals surface area (Å²) in [6.07, 6.45) is 0.293. The molecule has 5 heteroatoms. The normalized spacial score (nSPS) is 11.3. The Kier molecular flexibility index (Phi) is 5.99. The maximum Gasteiger partial charge on any atom is 0.307 e. The van der Waals surface area contributed by atoms with Gasteiger partial charge in [-0.2, -0.15) is 0 Å². The van der Waals surface area contributed by atoms with Crippen LogP contribution in [0.2, 0.25) is 0 Å². The molecule has 2 aromatic rings. The Morgan fingerprint density at radius 3 is 2.21 bits per heavy atom. The average molecular weight is 346 g/mol. The smallest absolute Gasteiger partial charge is 0.307 e. The summed E-state index contributed by atoms with van der Waals surface area (Å²) in [4.78, 5) is 24.2. The van der Waals surface area contributed by atoms with E-state index in [2.05, 4.69) is 51.2 Å². The lowest BCUT2D eigenvalue weighted by Crippen LogP contribution is -2.21. The Labute approximate surface area is 147 Å². The van der Waals surface area contributed by atoms with Gasteiger partial charge in [0.05, 0.1) is 0 Å². The molecular weight excluding hydrogens is 320 g/mol. The first kappa shape index (κ1) is 18.5. The molecule has 0 saturated heterocycles. The van der Waals surface area contributed by atoms with E-state index < -0.39 is 0 Å². The lowest BCUT2D eigenvalue weighted by atomic mass is 9.92. The van der Waals surface area contributed by atoms with Crippen molar-refractivity contribution in [3.63, 3.8) is 0 Å². The third kappa shape index (κ3) is 4.15. The van der Waals surface area contributed by atoms with Crippen LogP contribution < -0.4 is 10.2 Å². The fourth-order valence-corrected chi connectivity index (χ4v) is 3.55. The molecule has 0 bridgehead atoms. The third-order valence-electron chi connectivity index (χ3n) is 4.18. The zero-order chi connectivity index (χ0) is 17.9. The van der Waals surface area contributed by atoms with Crippen LogP contribution in [0.3, 0.4) is 0 Å². The fourth-order valence-electron chi connectivity index (χ4n) is 2.79.